The second kappa shape index (κ2) is 10.3. The number of nitrogens with zero attached hydrogens (tertiary/aromatic N) is 2. The molecule has 1 aromatic heterocycles. The minimum Gasteiger partial charge on any atom is -0.493 e. The molecule has 0 saturated carbocycles. The van der Waals surface area contributed by atoms with Crippen molar-refractivity contribution in [3.8, 4) is 27.7 Å². The first-order valence-corrected chi connectivity index (χ1v) is 11.2. The fourth-order valence-corrected chi connectivity index (χ4v) is 4.53. The average molecular weight is 447 g/mol. The number of hydrogen-bond acceptors (Lipinski definition) is 6. The smallest absolute Gasteiger partial charge is 0.203 e. The van der Waals surface area contributed by atoms with E-state index < -0.39 is 0 Å². The molecule has 32 heavy (non-hydrogen) atoms. The van der Waals surface area contributed by atoms with Crippen LogP contribution in [0.25, 0.3) is 16.0 Å². The zero-order chi connectivity index (χ0) is 22.3. The predicted octanol–water partition coefficient (Wildman–Crippen LogP) is 6.41. The molecule has 5 nitrogen and oxygen atoms in total. The van der Waals surface area contributed by atoms with E-state index in [2.05, 4.69) is 39.7 Å². The molecule has 0 bridgehead atoms. The molecule has 0 fully saturated rings. The van der Waals surface area contributed by atoms with E-state index in [0.29, 0.717) is 17.2 Å². The van der Waals surface area contributed by atoms with Crippen LogP contribution in [0.2, 0.25) is 0 Å². The molecule has 2 heterocycles. The molecule has 0 amide bonds. The average Bonchev–Trinajstić information content (AvgIpc) is 3.01. The lowest BCUT2D eigenvalue weighted by molar-refractivity contribution is 0.324. The molecule has 0 unspecified atom stereocenters. The van der Waals surface area contributed by atoms with E-state index in [1.807, 2.05) is 36.7 Å². The van der Waals surface area contributed by atoms with E-state index in [-0.39, 0.29) is 0 Å². The lowest BCUT2D eigenvalue weighted by Crippen LogP contribution is -1.97. The van der Waals surface area contributed by atoms with Crippen molar-refractivity contribution in [2.24, 2.45) is 4.99 Å². The molecule has 4 rings (SSSR count). The Hall–Kier alpha value is -3.38. The third kappa shape index (κ3) is 4.75. The van der Waals surface area contributed by atoms with Crippen molar-refractivity contribution in [3.63, 3.8) is 0 Å². The summed E-state index contributed by atoms with van der Waals surface area (Å²) in [5, 5.41) is 0. The first-order valence-electron chi connectivity index (χ1n) is 10.4. The number of rotatable bonds is 7. The number of aromatic nitrogens is 1. The summed E-state index contributed by atoms with van der Waals surface area (Å²) in [6.45, 7) is 0. The van der Waals surface area contributed by atoms with Gasteiger partial charge in [0.15, 0.2) is 11.5 Å². The standard InChI is InChI=1S/C26H26N2O3S/c1-29-23-15-20(16-24(30-2)25(23)31-3)26-22(17-28-32-26)19-9-7-8-18(11-12-19)14-21-10-5-4-6-13-27-21/h4-8,11-13,15-17H,9-10,14H2,1-3H3. The lowest BCUT2D eigenvalue weighted by Gasteiger charge is -2.14. The highest BCUT2D eigenvalue weighted by Gasteiger charge is 2.19. The van der Waals surface area contributed by atoms with Crippen molar-refractivity contribution in [1.29, 1.82) is 0 Å². The van der Waals surface area contributed by atoms with Gasteiger partial charge in [-0.05, 0) is 47.3 Å². The molecular formula is C26H26N2O3S. The second-order valence-electron chi connectivity index (χ2n) is 7.37. The highest BCUT2D eigenvalue weighted by Crippen LogP contribution is 2.44. The van der Waals surface area contributed by atoms with Crippen molar-refractivity contribution in [2.75, 3.05) is 21.3 Å². The molecule has 6 heteroatoms. The maximum Gasteiger partial charge on any atom is 0.203 e. The number of allylic oxidation sites excluding steroid dienone is 9. The summed E-state index contributed by atoms with van der Waals surface area (Å²) in [7, 11) is 4.87. The van der Waals surface area contributed by atoms with E-state index in [4.69, 9.17) is 14.2 Å². The Balaban J connectivity index is 1.65. The topological polar surface area (TPSA) is 52.9 Å². The van der Waals surface area contributed by atoms with Crippen molar-refractivity contribution < 1.29 is 14.2 Å². The van der Waals surface area contributed by atoms with Crippen LogP contribution in [-0.2, 0) is 0 Å². The number of aliphatic imine (C=N–C) groups is 1. The van der Waals surface area contributed by atoms with Gasteiger partial charge in [0, 0.05) is 42.1 Å². The number of methoxy groups -OCH3 is 3. The van der Waals surface area contributed by atoms with Gasteiger partial charge in [0.1, 0.15) is 0 Å². The Labute approximate surface area is 192 Å². The Morgan fingerprint density at radius 1 is 0.938 bits per heavy atom. The van der Waals surface area contributed by atoms with Crippen LogP contribution in [0, 0.1) is 0 Å². The van der Waals surface area contributed by atoms with Crippen LogP contribution in [0.4, 0.5) is 0 Å². The van der Waals surface area contributed by atoms with Gasteiger partial charge in [-0.3, -0.25) is 4.99 Å². The maximum absolute atomic E-state index is 5.54. The first kappa shape index (κ1) is 21.8. The van der Waals surface area contributed by atoms with E-state index in [1.165, 1.54) is 22.7 Å². The van der Waals surface area contributed by atoms with Crippen LogP contribution in [0.1, 0.15) is 24.8 Å². The summed E-state index contributed by atoms with van der Waals surface area (Å²) >= 11 is 1.46. The normalized spacial score (nSPS) is 15.4. The van der Waals surface area contributed by atoms with Crippen LogP contribution >= 0.6 is 11.5 Å². The van der Waals surface area contributed by atoms with Crippen molar-refractivity contribution in [1.82, 2.24) is 4.37 Å². The largest absolute Gasteiger partial charge is 0.493 e. The van der Waals surface area contributed by atoms with Crippen LogP contribution in [0.3, 0.4) is 0 Å². The lowest BCUT2D eigenvalue weighted by atomic mass is 10.0. The first-order chi connectivity index (χ1) is 15.7. The summed E-state index contributed by atoms with van der Waals surface area (Å²) in [5.41, 5.74) is 5.74. The molecule has 0 spiro atoms. The number of benzene rings is 1. The molecule has 0 atom stereocenters. The molecule has 164 valence electrons. The molecule has 1 aliphatic heterocycles. The molecule has 0 radical (unpaired) electrons. The quantitative estimate of drug-likeness (QED) is 0.493. The van der Waals surface area contributed by atoms with Gasteiger partial charge in [0.2, 0.25) is 5.75 Å². The predicted molar refractivity (Wildman–Crippen MR) is 132 cm³/mol. The van der Waals surface area contributed by atoms with Gasteiger partial charge in [-0.1, -0.05) is 36.5 Å². The summed E-state index contributed by atoms with van der Waals surface area (Å²) in [4.78, 5) is 5.63. The van der Waals surface area contributed by atoms with Gasteiger partial charge in [-0.25, -0.2) is 0 Å². The Kier molecular flexibility index (Phi) is 7.02. The summed E-state index contributed by atoms with van der Waals surface area (Å²) in [5.74, 6) is 1.84. The second-order valence-corrected chi connectivity index (χ2v) is 8.17. The van der Waals surface area contributed by atoms with Gasteiger partial charge in [-0.2, -0.15) is 4.37 Å². The van der Waals surface area contributed by atoms with E-state index in [9.17, 15) is 0 Å². The van der Waals surface area contributed by atoms with Crippen molar-refractivity contribution in [2.45, 2.75) is 19.3 Å². The van der Waals surface area contributed by atoms with Gasteiger partial charge in [0.05, 0.1) is 26.2 Å². The maximum atomic E-state index is 5.54. The fourth-order valence-electron chi connectivity index (χ4n) is 3.76. The van der Waals surface area contributed by atoms with Gasteiger partial charge < -0.3 is 14.2 Å². The van der Waals surface area contributed by atoms with Gasteiger partial charge in [-0.15, -0.1) is 0 Å². The van der Waals surface area contributed by atoms with Crippen LogP contribution < -0.4 is 14.2 Å². The zero-order valence-corrected chi connectivity index (χ0v) is 19.3. The third-order valence-corrected chi connectivity index (χ3v) is 6.21. The highest BCUT2D eigenvalue weighted by molar-refractivity contribution is 7.09. The molecule has 1 aliphatic carbocycles. The Bertz CT molecular complexity index is 1140. The van der Waals surface area contributed by atoms with Gasteiger partial charge >= 0.3 is 0 Å². The SMILES string of the molecule is COc1cc(-c2sncc2C2=CC=C(CC3=NC=CC=CC3)C=CC2)cc(OC)c1OC. The molecule has 1 aromatic carbocycles. The highest BCUT2D eigenvalue weighted by atomic mass is 32.1. The third-order valence-electron chi connectivity index (χ3n) is 5.36. The molecule has 2 aliphatic rings. The number of ether oxygens (including phenoxy) is 3. The molecule has 0 N–H and O–H groups in total. The van der Waals surface area contributed by atoms with Crippen molar-refractivity contribution in [3.05, 3.63) is 78.2 Å². The monoisotopic (exact) mass is 446 g/mol. The van der Waals surface area contributed by atoms with Crippen molar-refractivity contribution >= 4 is 22.8 Å². The van der Waals surface area contributed by atoms with Gasteiger partial charge in [0.25, 0.3) is 0 Å². The van der Waals surface area contributed by atoms with Crippen LogP contribution in [-0.4, -0.2) is 31.4 Å². The molecule has 2 aromatic rings. The van der Waals surface area contributed by atoms with E-state index in [0.717, 1.165) is 41.0 Å². The molecule has 0 saturated heterocycles. The zero-order valence-electron chi connectivity index (χ0n) is 18.5. The minimum atomic E-state index is 0.583. The Morgan fingerprint density at radius 3 is 2.50 bits per heavy atom. The summed E-state index contributed by atoms with van der Waals surface area (Å²) in [6.07, 6.45) is 21.3. The minimum absolute atomic E-state index is 0.583. The summed E-state index contributed by atoms with van der Waals surface area (Å²) in [6, 6.07) is 3.94. The van der Waals surface area contributed by atoms with Crippen LogP contribution in [0.15, 0.2) is 77.6 Å². The fraction of sp³-hybridized carbons (Fsp3) is 0.231. The Morgan fingerprint density at radius 2 is 1.75 bits per heavy atom. The van der Waals surface area contributed by atoms with E-state index in [1.54, 1.807) is 21.3 Å². The molecular weight excluding hydrogens is 420 g/mol. The van der Waals surface area contributed by atoms with Crippen LogP contribution in [0.5, 0.6) is 17.2 Å². The van der Waals surface area contributed by atoms with E-state index >= 15 is 0 Å². The number of hydrogen-bond donors (Lipinski definition) is 0. The summed E-state index contributed by atoms with van der Waals surface area (Å²) < 4.78 is 21.0.